The van der Waals surface area contributed by atoms with Gasteiger partial charge in [-0.3, -0.25) is 10.2 Å². The van der Waals surface area contributed by atoms with Crippen LogP contribution in [0.25, 0.3) is 0 Å². The number of nitrogens with zero attached hydrogens (tertiary/aromatic N) is 2. The van der Waals surface area contributed by atoms with E-state index in [1.165, 1.54) is 0 Å². The van der Waals surface area contributed by atoms with Crippen LogP contribution in [-0.4, -0.2) is 43.0 Å². The van der Waals surface area contributed by atoms with Crippen LogP contribution in [0.3, 0.4) is 0 Å². The predicted octanol–water partition coefficient (Wildman–Crippen LogP) is 1.61. The third-order valence-electron chi connectivity index (χ3n) is 3.27. The van der Waals surface area contributed by atoms with Crippen molar-refractivity contribution < 1.29 is 8.78 Å². The molecule has 92 valence electrons. The van der Waals surface area contributed by atoms with Crippen LogP contribution in [-0.2, 0) is 0 Å². The zero-order valence-corrected chi connectivity index (χ0v) is 9.84. The van der Waals surface area contributed by atoms with Gasteiger partial charge in [0.25, 0.3) is 6.43 Å². The monoisotopic (exact) mass is 231 g/mol. The fourth-order valence-corrected chi connectivity index (χ4v) is 2.40. The lowest BCUT2D eigenvalue weighted by atomic mass is 9.99. The predicted molar refractivity (Wildman–Crippen MR) is 58.3 cm³/mol. The molecule has 0 spiro atoms. The molecule has 5 heteroatoms. The van der Waals surface area contributed by atoms with Gasteiger partial charge in [0.15, 0.2) is 0 Å². The SMILES string of the molecule is CCNC1(C#N)CCC(N(C)CC(F)F)C1. The summed E-state index contributed by atoms with van der Waals surface area (Å²) in [6.45, 7) is 2.48. The van der Waals surface area contributed by atoms with Crippen LogP contribution >= 0.6 is 0 Å². The molecule has 1 rings (SSSR count). The van der Waals surface area contributed by atoms with Gasteiger partial charge in [-0.1, -0.05) is 6.92 Å². The van der Waals surface area contributed by atoms with Crippen LogP contribution < -0.4 is 5.32 Å². The highest BCUT2D eigenvalue weighted by Gasteiger charge is 2.40. The van der Waals surface area contributed by atoms with Crippen molar-refractivity contribution in [1.82, 2.24) is 10.2 Å². The summed E-state index contributed by atoms with van der Waals surface area (Å²) in [5.41, 5.74) is -0.504. The van der Waals surface area contributed by atoms with Crippen molar-refractivity contribution in [1.29, 1.82) is 5.26 Å². The Labute approximate surface area is 95.4 Å². The van der Waals surface area contributed by atoms with E-state index < -0.39 is 12.0 Å². The van der Waals surface area contributed by atoms with Gasteiger partial charge >= 0.3 is 0 Å². The van der Waals surface area contributed by atoms with Gasteiger partial charge in [-0.25, -0.2) is 8.78 Å². The van der Waals surface area contributed by atoms with Gasteiger partial charge in [-0.05, 0) is 32.9 Å². The maximum atomic E-state index is 12.2. The van der Waals surface area contributed by atoms with Gasteiger partial charge < -0.3 is 0 Å². The minimum absolute atomic E-state index is 0.0905. The van der Waals surface area contributed by atoms with Crippen molar-refractivity contribution in [3.05, 3.63) is 0 Å². The Bertz CT molecular complexity index is 264. The average molecular weight is 231 g/mol. The molecule has 0 amide bonds. The minimum atomic E-state index is -2.30. The van der Waals surface area contributed by atoms with Crippen molar-refractivity contribution in [2.24, 2.45) is 0 Å². The molecule has 1 aliphatic rings. The molecule has 0 saturated heterocycles. The summed E-state index contributed by atoms with van der Waals surface area (Å²) in [6.07, 6.45) is -0.110. The summed E-state index contributed by atoms with van der Waals surface area (Å²) in [7, 11) is 1.70. The van der Waals surface area contributed by atoms with Gasteiger partial charge in [0.1, 0.15) is 5.54 Å². The molecule has 1 aliphatic carbocycles. The Balaban J connectivity index is 2.54. The van der Waals surface area contributed by atoms with E-state index in [1.807, 2.05) is 6.92 Å². The van der Waals surface area contributed by atoms with E-state index in [9.17, 15) is 8.78 Å². The Morgan fingerprint density at radius 3 is 2.81 bits per heavy atom. The molecule has 16 heavy (non-hydrogen) atoms. The van der Waals surface area contributed by atoms with Crippen LogP contribution in [0.1, 0.15) is 26.2 Å². The Morgan fingerprint density at radius 1 is 1.62 bits per heavy atom. The van der Waals surface area contributed by atoms with Gasteiger partial charge in [-0.2, -0.15) is 5.26 Å². The van der Waals surface area contributed by atoms with Crippen molar-refractivity contribution in [2.75, 3.05) is 20.1 Å². The molecule has 0 aromatic carbocycles. The summed E-state index contributed by atoms with van der Waals surface area (Å²) in [5, 5.41) is 12.3. The van der Waals surface area contributed by atoms with Crippen LogP contribution in [0.4, 0.5) is 8.78 Å². The van der Waals surface area contributed by atoms with E-state index in [-0.39, 0.29) is 12.6 Å². The minimum Gasteiger partial charge on any atom is -0.300 e. The molecule has 1 fully saturated rings. The van der Waals surface area contributed by atoms with E-state index in [2.05, 4.69) is 11.4 Å². The highest BCUT2D eigenvalue weighted by molar-refractivity contribution is 5.13. The van der Waals surface area contributed by atoms with Crippen molar-refractivity contribution >= 4 is 0 Å². The molecule has 2 atom stereocenters. The average Bonchev–Trinajstić information content (AvgIpc) is 2.63. The molecule has 0 aliphatic heterocycles. The molecule has 0 aromatic rings. The number of rotatable bonds is 5. The maximum Gasteiger partial charge on any atom is 0.251 e. The number of nitriles is 1. The molecule has 0 heterocycles. The van der Waals surface area contributed by atoms with Crippen LogP contribution in [0.15, 0.2) is 0 Å². The topological polar surface area (TPSA) is 39.1 Å². The number of alkyl halides is 2. The van der Waals surface area contributed by atoms with E-state index in [0.717, 1.165) is 19.4 Å². The fourth-order valence-electron chi connectivity index (χ4n) is 2.40. The van der Waals surface area contributed by atoms with Gasteiger partial charge in [0, 0.05) is 6.04 Å². The Morgan fingerprint density at radius 2 is 2.31 bits per heavy atom. The van der Waals surface area contributed by atoms with Gasteiger partial charge in [0.2, 0.25) is 0 Å². The van der Waals surface area contributed by atoms with Crippen LogP contribution in [0, 0.1) is 11.3 Å². The number of hydrogen-bond acceptors (Lipinski definition) is 3. The first-order chi connectivity index (χ1) is 7.53. The molecule has 0 aromatic heterocycles. The summed E-state index contributed by atoms with van der Waals surface area (Å²) in [5.74, 6) is 0. The molecule has 1 saturated carbocycles. The molecule has 3 nitrogen and oxygen atoms in total. The first-order valence-corrected chi connectivity index (χ1v) is 5.67. The van der Waals surface area contributed by atoms with Crippen molar-refractivity contribution in [3.8, 4) is 6.07 Å². The lowest BCUT2D eigenvalue weighted by Crippen LogP contribution is -2.43. The highest BCUT2D eigenvalue weighted by Crippen LogP contribution is 2.32. The van der Waals surface area contributed by atoms with Crippen LogP contribution in [0.2, 0.25) is 0 Å². The normalized spacial score (nSPS) is 29.9. The summed E-state index contributed by atoms with van der Waals surface area (Å²) in [4.78, 5) is 1.67. The third kappa shape index (κ3) is 3.13. The molecule has 1 N–H and O–H groups in total. The number of hydrogen-bond donors (Lipinski definition) is 1. The largest absolute Gasteiger partial charge is 0.300 e. The Hall–Kier alpha value is -0.730. The molecular formula is C11H19F2N3. The fraction of sp³-hybridized carbons (Fsp3) is 0.909. The second kappa shape index (κ2) is 5.55. The van der Waals surface area contributed by atoms with E-state index in [1.54, 1.807) is 11.9 Å². The van der Waals surface area contributed by atoms with Crippen LogP contribution in [0.5, 0.6) is 0 Å². The zero-order chi connectivity index (χ0) is 12.2. The first kappa shape index (κ1) is 13.3. The zero-order valence-electron chi connectivity index (χ0n) is 9.84. The summed E-state index contributed by atoms with van der Waals surface area (Å²) in [6, 6.07) is 2.38. The van der Waals surface area contributed by atoms with Crippen molar-refractivity contribution in [2.45, 2.75) is 44.2 Å². The smallest absolute Gasteiger partial charge is 0.251 e. The van der Waals surface area contributed by atoms with E-state index in [4.69, 9.17) is 5.26 Å². The molecule has 0 bridgehead atoms. The Kier molecular flexibility index (Phi) is 4.63. The lowest BCUT2D eigenvalue weighted by Gasteiger charge is -2.26. The summed E-state index contributed by atoms with van der Waals surface area (Å²) < 4.78 is 24.5. The van der Waals surface area contributed by atoms with Crippen molar-refractivity contribution in [3.63, 3.8) is 0 Å². The second-order valence-corrected chi connectivity index (χ2v) is 4.45. The standard InChI is InChI=1S/C11H19F2N3/c1-3-15-11(8-14)5-4-9(6-11)16(2)7-10(12)13/h9-10,15H,3-7H2,1-2H3. The molecular weight excluding hydrogens is 212 g/mol. The van der Waals surface area contributed by atoms with Gasteiger partial charge in [0.05, 0.1) is 12.6 Å². The molecule has 0 radical (unpaired) electrons. The quantitative estimate of drug-likeness (QED) is 0.781. The lowest BCUT2D eigenvalue weighted by molar-refractivity contribution is 0.0806. The highest BCUT2D eigenvalue weighted by atomic mass is 19.3. The maximum absolute atomic E-state index is 12.2. The first-order valence-electron chi connectivity index (χ1n) is 5.67. The number of nitrogens with one attached hydrogen (secondary N) is 1. The second-order valence-electron chi connectivity index (χ2n) is 4.45. The summed E-state index contributed by atoms with van der Waals surface area (Å²) >= 11 is 0. The van der Waals surface area contributed by atoms with Gasteiger partial charge in [-0.15, -0.1) is 0 Å². The van der Waals surface area contributed by atoms with E-state index >= 15 is 0 Å². The molecule has 2 unspecified atom stereocenters. The van der Waals surface area contributed by atoms with E-state index in [0.29, 0.717) is 6.42 Å². The third-order valence-corrected chi connectivity index (χ3v) is 3.27. The number of halogens is 2.